The third-order valence-corrected chi connectivity index (χ3v) is 4.20. The largest absolute Gasteiger partial charge is 0.416 e. The topological polar surface area (TPSA) is 56.7 Å². The number of benzene rings is 2. The van der Waals surface area contributed by atoms with Crippen molar-refractivity contribution in [1.82, 2.24) is 19.9 Å². The fourth-order valence-corrected chi connectivity index (χ4v) is 2.90. The molecule has 138 valence electrons. The normalized spacial score (nSPS) is 12.0. The van der Waals surface area contributed by atoms with E-state index in [9.17, 15) is 13.2 Å². The number of halogens is 3. The third-order valence-electron chi connectivity index (χ3n) is 4.20. The van der Waals surface area contributed by atoms with E-state index in [1.54, 1.807) is 6.20 Å². The van der Waals surface area contributed by atoms with Crippen LogP contribution in [0.1, 0.15) is 18.9 Å². The molecule has 0 N–H and O–H groups in total. The van der Waals surface area contributed by atoms with Crippen LogP contribution in [-0.2, 0) is 12.7 Å². The Kier molecular flexibility index (Phi) is 4.18. The number of hydrogen-bond donors (Lipinski definition) is 0. The van der Waals surface area contributed by atoms with Gasteiger partial charge >= 0.3 is 6.18 Å². The summed E-state index contributed by atoms with van der Waals surface area (Å²) in [7, 11) is 0. The Morgan fingerprint density at radius 1 is 1.07 bits per heavy atom. The van der Waals surface area contributed by atoms with Gasteiger partial charge in [0.1, 0.15) is 0 Å². The fraction of sp³-hybridized carbons (Fsp3) is 0.211. The molecule has 0 radical (unpaired) electrons. The molecule has 0 aliphatic carbocycles. The summed E-state index contributed by atoms with van der Waals surface area (Å²) >= 11 is 0. The summed E-state index contributed by atoms with van der Waals surface area (Å²) in [4.78, 5) is 4.25. The summed E-state index contributed by atoms with van der Waals surface area (Å²) in [6.45, 7) is 2.90. The summed E-state index contributed by atoms with van der Waals surface area (Å²) in [5.41, 5.74) is 1.18. The van der Waals surface area contributed by atoms with Crippen molar-refractivity contribution >= 4 is 10.9 Å². The van der Waals surface area contributed by atoms with E-state index in [0.717, 1.165) is 36.0 Å². The highest BCUT2D eigenvalue weighted by Crippen LogP contribution is 2.32. The first-order chi connectivity index (χ1) is 13.0. The minimum atomic E-state index is -4.42. The van der Waals surface area contributed by atoms with Crippen molar-refractivity contribution in [3.05, 3.63) is 54.2 Å². The SMILES string of the molecule is CCCn1ncc2cc(-c3nc(-c4cccc(C(F)(F)F)c4)no3)ccc21. The second kappa shape index (κ2) is 6.53. The number of aryl methyl sites for hydroxylation is 1. The highest BCUT2D eigenvalue weighted by atomic mass is 19.4. The molecule has 0 unspecified atom stereocenters. The van der Waals surface area contributed by atoms with Gasteiger partial charge < -0.3 is 4.52 Å². The van der Waals surface area contributed by atoms with Gasteiger partial charge in [-0.1, -0.05) is 24.2 Å². The number of rotatable bonds is 4. The van der Waals surface area contributed by atoms with E-state index < -0.39 is 11.7 Å². The van der Waals surface area contributed by atoms with Crippen molar-refractivity contribution in [2.45, 2.75) is 26.1 Å². The molecule has 27 heavy (non-hydrogen) atoms. The van der Waals surface area contributed by atoms with Crippen molar-refractivity contribution in [2.75, 3.05) is 0 Å². The lowest BCUT2D eigenvalue weighted by atomic mass is 10.1. The Hall–Kier alpha value is -3.16. The summed E-state index contributed by atoms with van der Waals surface area (Å²) in [6, 6.07) is 10.5. The molecule has 2 aromatic carbocycles. The van der Waals surface area contributed by atoms with Gasteiger partial charge in [0.2, 0.25) is 5.82 Å². The minimum absolute atomic E-state index is 0.109. The molecule has 4 rings (SSSR count). The van der Waals surface area contributed by atoms with E-state index >= 15 is 0 Å². The molecule has 0 saturated carbocycles. The monoisotopic (exact) mass is 372 g/mol. The Labute approximate surface area is 152 Å². The first kappa shape index (κ1) is 17.3. The number of aromatic nitrogens is 4. The zero-order chi connectivity index (χ0) is 19.0. The Morgan fingerprint density at radius 2 is 1.93 bits per heavy atom. The highest BCUT2D eigenvalue weighted by molar-refractivity contribution is 5.83. The van der Waals surface area contributed by atoms with E-state index in [0.29, 0.717) is 5.56 Å². The van der Waals surface area contributed by atoms with Gasteiger partial charge in [-0.3, -0.25) is 4.68 Å². The van der Waals surface area contributed by atoms with Crippen LogP contribution in [0.25, 0.3) is 33.7 Å². The molecule has 0 fully saturated rings. The van der Waals surface area contributed by atoms with Crippen LogP contribution in [0.2, 0.25) is 0 Å². The van der Waals surface area contributed by atoms with Gasteiger partial charge in [0.05, 0.1) is 17.3 Å². The van der Waals surface area contributed by atoms with E-state index in [-0.39, 0.29) is 17.3 Å². The van der Waals surface area contributed by atoms with Crippen LogP contribution in [0.3, 0.4) is 0 Å². The molecule has 0 aliphatic rings. The Bertz CT molecular complexity index is 1100. The molecule has 0 bridgehead atoms. The maximum Gasteiger partial charge on any atom is 0.416 e. The molecule has 0 atom stereocenters. The van der Waals surface area contributed by atoms with Gasteiger partial charge in [0, 0.05) is 23.1 Å². The predicted octanol–water partition coefficient (Wildman–Crippen LogP) is 5.18. The second-order valence-corrected chi connectivity index (χ2v) is 6.14. The van der Waals surface area contributed by atoms with E-state index in [2.05, 4.69) is 22.2 Å². The van der Waals surface area contributed by atoms with Crippen LogP contribution in [0.4, 0.5) is 13.2 Å². The zero-order valence-electron chi connectivity index (χ0n) is 14.4. The molecule has 5 nitrogen and oxygen atoms in total. The molecule has 2 aromatic heterocycles. The van der Waals surface area contributed by atoms with Crippen molar-refractivity contribution in [2.24, 2.45) is 0 Å². The first-order valence-corrected chi connectivity index (χ1v) is 8.43. The van der Waals surface area contributed by atoms with Crippen molar-refractivity contribution in [3.8, 4) is 22.8 Å². The standard InChI is InChI=1S/C19H15F3N4O/c1-2-8-26-16-7-6-13(9-14(16)11-23-26)18-24-17(25-27-18)12-4-3-5-15(10-12)19(20,21)22/h3-7,9-11H,2,8H2,1H3. The average molecular weight is 372 g/mol. The number of alkyl halides is 3. The van der Waals surface area contributed by atoms with Gasteiger partial charge in [-0.15, -0.1) is 0 Å². The summed E-state index contributed by atoms with van der Waals surface area (Å²) < 4.78 is 45.8. The first-order valence-electron chi connectivity index (χ1n) is 8.43. The smallest absolute Gasteiger partial charge is 0.334 e. The number of fused-ring (bicyclic) bond motifs is 1. The van der Waals surface area contributed by atoms with Gasteiger partial charge in [0.15, 0.2) is 0 Å². The molecular formula is C19H15F3N4O. The molecule has 0 spiro atoms. The number of hydrogen-bond acceptors (Lipinski definition) is 4. The third kappa shape index (κ3) is 3.30. The Balaban J connectivity index is 1.68. The maximum absolute atomic E-state index is 12.9. The zero-order valence-corrected chi connectivity index (χ0v) is 14.4. The number of nitrogens with zero attached hydrogens (tertiary/aromatic N) is 4. The van der Waals surface area contributed by atoms with Crippen LogP contribution in [-0.4, -0.2) is 19.9 Å². The van der Waals surface area contributed by atoms with E-state index in [1.807, 2.05) is 22.9 Å². The van der Waals surface area contributed by atoms with E-state index in [1.165, 1.54) is 12.1 Å². The average Bonchev–Trinajstić information content (AvgIpc) is 3.29. The lowest BCUT2D eigenvalue weighted by Crippen LogP contribution is -2.04. The van der Waals surface area contributed by atoms with Gasteiger partial charge in [0.25, 0.3) is 5.89 Å². The summed E-state index contributed by atoms with van der Waals surface area (Å²) in [5.74, 6) is 0.352. The van der Waals surface area contributed by atoms with Crippen molar-refractivity contribution in [1.29, 1.82) is 0 Å². The molecule has 2 heterocycles. The quantitative estimate of drug-likeness (QED) is 0.495. The van der Waals surface area contributed by atoms with Crippen molar-refractivity contribution in [3.63, 3.8) is 0 Å². The lowest BCUT2D eigenvalue weighted by Gasteiger charge is -2.06. The predicted molar refractivity (Wildman–Crippen MR) is 93.8 cm³/mol. The van der Waals surface area contributed by atoms with Gasteiger partial charge in [-0.2, -0.15) is 23.3 Å². The molecule has 4 aromatic rings. The summed E-state index contributed by atoms with van der Waals surface area (Å²) in [5, 5.41) is 9.11. The summed E-state index contributed by atoms with van der Waals surface area (Å²) in [6.07, 6.45) is -1.69. The molecule has 0 aliphatic heterocycles. The highest BCUT2D eigenvalue weighted by Gasteiger charge is 2.30. The molecular weight excluding hydrogens is 357 g/mol. The van der Waals surface area contributed by atoms with Crippen molar-refractivity contribution < 1.29 is 17.7 Å². The van der Waals surface area contributed by atoms with Crippen LogP contribution < -0.4 is 0 Å². The van der Waals surface area contributed by atoms with Crippen LogP contribution in [0.15, 0.2) is 53.2 Å². The van der Waals surface area contributed by atoms with E-state index in [4.69, 9.17) is 4.52 Å². The second-order valence-electron chi connectivity index (χ2n) is 6.14. The molecule has 8 heteroatoms. The Morgan fingerprint density at radius 3 is 2.70 bits per heavy atom. The van der Waals surface area contributed by atoms with Gasteiger partial charge in [-0.05, 0) is 36.8 Å². The molecule has 0 saturated heterocycles. The van der Waals surface area contributed by atoms with Crippen LogP contribution in [0.5, 0.6) is 0 Å². The lowest BCUT2D eigenvalue weighted by molar-refractivity contribution is -0.137. The van der Waals surface area contributed by atoms with Gasteiger partial charge in [-0.25, -0.2) is 0 Å². The van der Waals surface area contributed by atoms with Crippen LogP contribution >= 0.6 is 0 Å². The van der Waals surface area contributed by atoms with Crippen LogP contribution in [0, 0.1) is 0 Å². The minimum Gasteiger partial charge on any atom is -0.334 e. The maximum atomic E-state index is 12.9. The molecule has 0 amide bonds. The fourth-order valence-electron chi connectivity index (χ4n) is 2.90.